The zero-order valence-corrected chi connectivity index (χ0v) is 13.9. The van der Waals surface area contributed by atoms with Crippen LogP contribution in [0.2, 0.25) is 0 Å². The summed E-state index contributed by atoms with van der Waals surface area (Å²) in [6.45, 7) is 4.02. The van der Waals surface area contributed by atoms with Crippen molar-refractivity contribution in [2.24, 2.45) is 0 Å². The van der Waals surface area contributed by atoms with E-state index in [-0.39, 0.29) is 12.3 Å². The van der Waals surface area contributed by atoms with Crippen LogP contribution in [0.5, 0.6) is 0 Å². The highest BCUT2D eigenvalue weighted by Crippen LogP contribution is 2.24. The Balaban J connectivity index is 1.66. The largest absolute Gasteiger partial charge is 0.310 e. The molecule has 1 amide bonds. The van der Waals surface area contributed by atoms with E-state index in [0.29, 0.717) is 5.82 Å². The number of nitrogens with one attached hydrogen (secondary N) is 1. The van der Waals surface area contributed by atoms with Gasteiger partial charge in [-0.2, -0.15) is 0 Å². The molecule has 0 aliphatic carbocycles. The number of aryl methyl sites for hydroxylation is 2. The first-order valence-corrected chi connectivity index (χ1v) is 8.22. The van der Waals surface area contributed by atoms with Crippen LogP contribution in [0.25, 0.3) is 10.6 Å². The van der Waals surface area contributed by atoms with Crippen LogP contribution < -0.4 is 5.32 Å². The number of pyridine rings is 1. The lowest BCUT2D eigenvalue weighted by Crippen LogP contribution is -2.15. The van der Waals surface area contributed by atoms with Gasteiger partial charge in [0.2, 0.25) is 5.91 Å². The predicted octanol–water partition coefficient (Wildman–Crippen LogP) is 4.00. The Hall–Kier alpha value is -2.53. The van der Waals surface area contributed by atoms with Crippen LogP contribution in [0.15, 0.2) is 48.0 Å². The summed E-state index contributed by atoms with van der Waals surface area (Å²) in [6.07, 6.45) is 1.93. The van der Waals surface area contributed by atoms with Crippen molar-refractivity contribution in [1.29, 1.82) is 0 Å². The molecule has 0 fully saturated rings. The summed E-state index contributed by atoms with van der Waals surface area (Å²) in [5.74, 6) is 0.466. The maximum atomic E-state index is 12.1. The number of thiazole rings is 1. The second-order valence-electron chi connectivity index (χ2n) is 5.45. The van der Waals surface area contributed by atoms with Gasteiger partial charge >= 0.3 is 0 Å². The second-order valence-corrected chi connectivity index (χ2v) is 6.31. The third-order valence-corrected chi connectivity index (χ3v) is 4.32. The summed E-state index contributed by atoms with van der Waals surface area (Å²) >= 11 is 1.55. The molecule has 4 nitrogen and oxygen atoms in total. The third kappa shape index (κ3) is 4.02. The van der Waals surface area contributed by atoms with E-state index < -0.39 is 0 Å². The molecule has 2 aromatic heterocycles. The summed E-state index contributed by atoms with van der Waals surface area (Å²) in [7, 11) is 0. The van der Waals surface area contributed by atoms with Crippen LogP contribution in [0.3, 0.4) is 0 Å². The second kappa shape index (κ2) is 6.71. The third-order valence-electron chi connectivity index (χ3n) is 3.37. The van der Waals surface area contributed by atoms with Crippen molar-refractivity contribution in [3.05, 3.63) is 64.8 Å². The molecule has 0 radical (unpaired) electrons. The van der Waals surface area contributed by atoms with Crippen molar-refractivity contribution < 1.29 is 4.79 Å². The fraction of sp³-hybridized carbons (Fsp3) is 0.167. The van der Waals surface area contributed by atoms with E-state index in [1.54, 1.807) is 17.5 Å². The average molecular weight is 323 g/mol. The number of carbonyl (C=O) groups is 1. The highest BCUT2D eigenvalue weighted by Gasteiger charge is 2.10. The first-order chi connectivity index (χ1) is 11.1. The number of rotatable bonds is 4. The van der Waals surface area contributed by atoms with Crippen molar-refractivity contribution in [3.63, 3.8) is 0 Å². The lowest BCUT2D eigenvalue weighted by molar-refractivity contribution is -0.115. The van der Waals surface area contributed by atoms with E-state index in [2.05, 4.69) is 46.5 Å². The molecular weight excluding hydrogens is 306 g/mol. The molecule has 0 saturated heterocycles. The van der Waals surface area contributed by atoms with Crippen LogP contribution in [0.4, 0.5) is 5.82 Å². The smallest absolute Gasteiger partial charge is 0.231 e. The molecule has 0 aliphatic heterocycles. The van der Waals surface area contributed by atoms with E-state index >= 15 is 0 Å². The van der Waals surface area contributed by atoms with Gasteiger partial charge in [-0.3, -0.25) is 4.79 Å². The molecule has 1 N–H and O–H groups in total. The minimum atomic E-state index is -0.108. The monoisotopic (exact) mass is 323 g/mol. The number of aromatic nitrogens is 2. The number of amides is 1. The molecule has 0 saturated carbocycles. The van der Waals surface area contributed by atoms with Crippen LogP contribution in [-0.2, 0) is 11.2 Å². The van der Waals surface area contributed by atoms with Gasteiger partial charge in [0.1, 0.15) is 10.8 Å². The Labute approximate surface area is 139 Å². The summed E-state index contributed by atoms with van der Waals surface area (Å²) in [6, 6.07) is 12.0. The fourth-order valence-corrected chi connectivity index (χ4v) is 3.00. The lowest BCUT2D eigenvalue weighted by atomic mass is 10.2. The fourth-order valence-electron chi connectivity index (χ4n) is 2.17. The Bertz CT molecular complexity index is 824. The Morgan fingerprint density at radius 3 is 2.65 bits per heavy atom. The molecule has 23 heavy (non-hydrogen) atoms. The van der Waals surface area contributed by atoms with Crippen molar-refractivity contribution in [1.82, 2.24) is 9.97 Å². The molecule has 0 unspecified atom stereocenters. The molecule has 0 spiro atoms. The minimum absolute atomic E-state index is 0.108. The molecule has 3 aromatic rings. The molecular formula is C18H17N3OS. The van der Waals surface area contributed by atoms with Gasteiger partial charge < -0.3 is 5.32 Å². The first-order valence-electron chi connectivity index (χ1n) is 7.34. The van der Waals surface area contributed by atoms with Gasteiger partial charge in [0, 0.05) is 17.1 Å². The number of carbonyl (C=O) groups excluding carboxylic acids is 1. The van der Waals surface area contributed by atoms with Crippen LogP contribution in [0.1, 0.15) is 16.8 Å². The summed E-state index contributed by atoms with van der Waals surface area (Å²) < 4.78 is 0. The lowest BCUT2D eigenvalue weighted by Gasteiger charge is -2.03. The minimum Gasteiger partial charge on any atom is -0.310 e. The number of nitrogens with zero attached hydrogens (tertiary/aromatic N) is 2. The van der Waals surface area contributed by atoms with Gasteiger partial charge in [-0.15, -0.1) is 11.3 Å². The maximum absolute atomic E-state index is 12.1. The average Bonchev–Trinajstić information content (AvgIpc) is 2.96. The number of hydrogen-bond donors (Lipinski definition) is 1. The highest BCUT2D eigenvalue weighted by atomic mass is 32.1. The molecule has 0 aliphatic rings. The maximum Gasteiger partial charge on any atom is 0.231 e. The SMILES string of the molecule is Cc1ccc(-c2nc(CC(=O)Nc3cc(C)ccn3)cs2)cc1. The Kier molecular flexibility index (Phi) is 4.48. The summed E-state index contributed by atoms with van der Waals surface area (Å²) in [4.78, 5) is 20.8. The zero-order valence-electron chi connectivity index (χ0n) is 13.0. The topological polar surface area (TPSA) is 54.9 Å². The van der Waals surface area contributed by atoms with Crippen molar-refractivity contribution in [2.75, 3.05) is 5.32 Å². The highest BCUT2D eigenvalue weighted by molar-refractivity contribution is 7.13. The van der Waals surface area contributed by atoms with Crippen LogP contribution in [0, 0.1) is 13.8 Å². The van der Waals surface area contributed by atoms with Gasteiger partial charge in [0.25, 0.3) is 0 Å². The summed E-state index contributed by atoms with van der Waals surface area (Å²) in [5.41, 5.74) is 4.13. The van der Waals surface area contributed by atoms with Gasteiger partial charge in [-0.25, -0.2) is 9.97 Å². The van der Waals surface area contributed by atoms with Gasteiger partial charge in [-0.1, -0.05) is 29.8 Å². The molecule has 1 aromatic carbocycles. The van der Waals surface area contributed by atoms with E-state index in [4.69, 9.17) is 0 Å². The Morgan fingerprint density at radius 2 is 1.91 bits per heavy atom. The number of hydrogen-bond acceptors (Lipinski definition) is 4. The van der Waals surface area contributed by atoms with Crippen molar-refractivity contribution >= 4 is 23.1 Å². The normalized spacial score (nSPS) is 10.5. The molecule has 0 bridgehead atoms. The summed E-state index contributed by atoms with van der Waals surface area (Å²) in [5, 5.41) is 5.66. The molecule has 2 heterocycles. The Morgan fingerprint density at radius 1 is 1.13 bits per heavy atom. The van der Waals surface area contributed by atoms with Gasteiger partial charge in [0.05, 0.1) is 12.1 Å². The van der Waals surface area contributed by atoms with Crippen molar-refractivity contribution in [2.45, 2.75) is 20.3 Å². The zero-order chi connectivity index (χ0) is 16.2. The first kappa shape index (κ1) is 15.4. The number of benzene rings is 1. The van der Waals surface area contributed by atoms with Crippen LogP contribution in [-0.4, -0.2) is 15.9 Å². The van der Waals surface area contributed by atoms with E-state index in [1.807, 2.05) is 24.4 Å². The van der Waals surface area contributed by atoms with E-state index in [9.17, 15) is 4.79 Å². The van der Waals surface area contributed by atoms with E-state index in [0.717, 1.165) is 21.8 Å². The molecule has 116 valence electrons. The van der Waals surface area contributed by atoms with E-state index in [1.165, 1.54) is 5.56 Å². The predicted molar refractivity (Wildman–Crippen MR) is 93.6 cm³/mol. The van der Waals surface area contributed by atoms with Crippen LogP contribution >= 0.6 is 11.3 Å². The molecule has 3 rings (SSSR count). The quantitative estimate of drug-likeness (QED) is 0.789. The number of anilines is 1. The van der Waals surface area contributed by atoms with Gasteiger partial charge in [0.15, 0.2) is 0 Å². The molecule has 0 atom stereocenters. The van der Waals surface area contributed by atoms with Crippen molar-refractivity contribution in [3.8, 4) is 10.6 Å². The molecule has 5 heteroatoms. The standard InChI is InChI=1S/C18H17N3OS/c1-12-3-5-14(6-4-12)18-20-15(11-23-18)10-17(22)21-16-9-13(2)7-8-19-16/h3-9,11H,10H2,1-2H3,(H,19,21,22). The van der Waals surface area contributed by atoms with Gasteiger partial charge in [-0.05, 0) is 31.5 Å².